The Labute approximate surface area is 269 Å². The number of rotatable bonds is 9. The Morgan fingerprint density at radius 3 is 2.63 bits per heavy atom. The van der Waals surface area contributed by atoms with Crippen LogP contribution in [0.25, 0.3) is 11.1 Å². The number of carbonyl (C=O) groups excluding carboxylic acids is 4. The molecule has 15 nitrogen and oxygen atoms in total. The van der Waals surface area contributed by atoms with Crippen molar-refractivity contribution in [2.24, 2.45) is 15.8 Å². The van der Waals surface area contributed by atoms with Gasteiger partial charge in [-0.1, -0.05) is 58.9 Å². The van der Waals surface area contributed by atoms with Crippen molar-refractivity contribution in [3.05, 3.63) is 71.3 Å². The van der Waals surface area contributed by atoms with Crippen LogP contribution < -0.4 is 21.7 Å². The van der Waals surface area contributed by atoms with Crippen molar-refractivity contribution in [2.45, 2.75) is 30.4 Å². The van der Waals surface area contributed by atoms with E-state index in [4.69, 9.17) is 26.7 Å². The molecule has 46 heavy (non-hydrogen) atoms. The lowest BCUT2D eigenvalue weighted by Gasteiger charge is -2.37. The molecule has 18 heteroatoms. The molecular weight excluding hydrogens is 645 g/mol. The van der Waals surface area contributed by atoms with Crippen molar-refractivity contribution in [1.29, 1.82) is 0 Å². The molecule has 1 aromatic heterocycles. The Hall–Kier alpha value is -5.00. The zero-order chi connectivity index (χ0) is 32.4. The first kappa shape index (κ1) is 31.0. The van der Waals surface area contributed by atoms with Crippen LogP contribution in [0.3, 0.4) is 0 Å². The van der Waals surface area contributed by atoms with Gasteiger partial charge < -0.3 is 25.7 Å². The lowest BCUT2D eigenvalue weighted by Crippen LogP contribution is -2.55. The fourth-order valence-corrected chi connectivity index (χ4v) is 6.21. The molecule has 3 atom stereocenters. The van der Waals surface area contributed by atoms with Gasteiger partial charge >= 0.3 is 12.0 Å². The molecular formula is C28H25ClFN9O6S. The van der Waals surface area contributed by atoms with Gasteiger partial charge in [-0.25, -0.2) is 19.0 Å². The summed E-state index contributed by atoms with van der Waals surface area (Å²) in [7, 11) is 0. The summed E-state index contributed by atoms with van der Waals surface area (Å²) in [5, 5.41) is 17.9. The Morgan fingerprint density at radius 1 is 1.11 bits per heavy atom. The quantitative estimate of drug-likeness (QED) is 0.262. The summed E-state index contributed by atoms with van der Waals surface area (Å²) in [6.45, 7) is -0.0346. The number of benzene rings is 2. The summed E-state index contributed by atoms with van der Waals surface area (Å²) in [6, 6.07) is 10.7. The van der Waals surface area contributed by atoms with Crippen molar-refractivity contribution in [3.8, 4) is 11.1 Å². The van der Waals surface area contributed by atoms with E-state index < -0.39 is 53.6 Å². The standard InChI is InChI=1S/C28H25ClFN9O6S/c29-17-6-2-1-4-15(17)16-5-3-7-18(21(16)30)33-25(42)19-8-10-39(19)45-20(40)13-38-26-23(22(36-38)24(31)41)34-28(46-26)35-27(43)32-12-14-9-11-44-37-14/h1-7,9,11,19,23,26H,8,10,12-13H2,(H2,31,41)(H,33,42)(H2,32,34,35,43)/t19-,23?,26?/m0/s1. The number of carbonyl (C=O) groups is 4. The predicted octanol–water partition coefficient (Wildman–Crippen LogP) is 2.06. The molecule has 3 aromatic rings. The van der Waals surface area contributed by atoms with E-state index in [1.54, 1.807) is 42.5 Å². The van der Waals surface area contributed by atoms with E-state index in [2.05, 4.69) is 31.2 Å². The molecule has 0 saturated carbocycles. The van der Waals surface area contributed by atoms with Crippen LogP contribution in [0.1, 0.15) is 12.1 Å². The summed E-state index contributed by atoms with van der Waals surface area (Å²) in [5.41, 5.74) is 6.56. The van der Waals surface area contributed by atoms with Gasteiger partial charge in [-0.05, 0) is 18.6 Å². The predicted molar refractivity (Wildman–Crippen MR) is 164 cm³/mol. The zero-order valence-electron chi connectivity index (χ0n) is 23.7. The number of nitrogens with two attached hydrogens (primary N) is 1. The Morgan fingerprint density at radius 2 is 1.91 bits per heavy atom. The third-order valence-corrected chi connectivity index (χ3v) is 8.67. The van der Waals surface area contributed by atoms with Crippen molar-refractivity contribution < 1.29 is 32.9 Å². The van der Waals surface area contributed by atoms with Crippen LogP contribution >= 0.6 is 23.4 Å². The third kappa shape index (κ3) is 6.51. The summed E-state index contributed by atoms with van der Waals surface area (Å²) in [6.07, 6.45) is 1.74. The molecule has 2 aromatic carbocycles. The normalized spacial score (nSPS) is 20.2. The summed E-state index contributed by atoms with van der Waals surface area (Å²) in [4.78, 5) is 60.0. The lowest BCUT2D eigenvalue weighted by molar-refractivity contribution is -0.225. The van der Waals surface area contributed by atoms with Crippen LogP contribution in [0.15, 0.2) is 69.4 Å². The first-order valence-corrected chi connectivity index (χ1v) is 15.1. The molecule has 6 rings (SSSR count). The number of amidine groups is 1. The Kier molecular flexibility index (Phi) is 8.87. The largest absolute Gasteiger partial charge is 0.365 e. The number of urea groups is 1. The van der Waals surface area contributed by atoms with Gasteiger partial charge in [0.2, 0.25) is 5.91 Å². The van der Waals surface area contributed by atoms with E-state index in [0.717, 1.165) is 11.8 Å². The number of nitrogens with one attached hydrogen (secondary N) is 3. The summed E-state index contributed by atoms with van der Waals surface area (Å²) in [5.74, 6) is -2.83. The van der Waals surface area contributed by atoms with Gasteiger partial charge in [-0.3, -0.25) is 19.9 Å². The molecule has 0 aliphatic carbocycles. The average Bonchev–Trinajstić information content (AvgIpc) is 3.74. The van der Waals surface area contributed by atoms with E-state index in [-0.39, 0.29) is 35.2 Å². The molecule has 2 unspecified atom stereocenters. The van der Waals surface area contributed by atoms with Gasteiger partial charge in [-0.2, -0.15) is 5.10 Å². The SMILES string of the molecule is NC(=O)C1=NN(CC(=O)ON2CC[C@H]2C(=O)Nc2cccc(-c3ccccc3Cl)c2F)C2SC(NC(=O)NCc3ccon3)=NC12. The second kappa shape index (κ2) is 13.2. The van der Waals surface area contributed by atoms with Crippen LogP contribution in [0.4, 0.5) is 14.9 Å². The number of primary amides is 1. The number of aliphatic imine (C=N–C) groups is 1. The highest BCUT2D eigenvalue weighted by Gasteiger charge is 2.47. The molecule has 4 heterocycles. The molecule has 0 spiro atoms. The van der Waals surface area contributed by atoms with E-state index in [1.165, 1.54) is 22.4 Å². The van der Waals surface area contributed by atoms with Crippen LogP contribution in [-0.2, 0) is 25.8 Å². The molecule has 3 aliphatic rings. The second-order valence-corrected chi connectivity index (χ2v) is 11.7. The monoisotopic (exact) mass is 669 g/mol. The van der Waals surface area contributed by atoms with E-state index in [1.807, 2.05) is 0 Å². The number of amides is 4. The van der Waals surface area contributed by atoms with Gasteiger partial charge in [0.05, 0.1) is 12.2 Å². The van der Waals surface area contributed by atoms with Gasteiger partial charge in [0.1, 0.15) is 36.0 Å². The summed E-state index contributed by atoms with van der Waals surface area (Å²) >= 11 is 7.30. The average molecular weight is 670 g/mol. The maximum atomic E-state index is 15.3. The Balaban J connectivity index is 1.04. The fraction of sp³-hybridized carbons (Fsp3) is 0.250. The minimum absolute atomic E-state index is 0.0495. The number of anilines is 1. The number of nitrogens with zero attached hydrogens (tertiary/aromatic N) is 5. The fourth-order valence-electron chi connectivity index (χ4n) is 4.86. The van der Waals surface area contributed by atoms with E-state index >= 15 is 4.39 Å². The van der Waals surface area contributed by atoms with Crippen LogP contribution in [0, 0.1) is 5.82 Å². The maximum Gasteiger partial charge on any atom is 0.346 e. The van der Waals surface area contributed by atoms with Gasteiger partial charge in [0.15, 0.2) is 16.7 Å². The highest BCUT2D eigenvalue weighted by Crippen LogP contribution is 2.35. The summed E-state index contributed by atoms with van der Waals surface area (Å²) < 4.78 is 20.1. The molecule has 4 amide bonds. The number of aromatic nitrogens is 1. The smallest absolute Gasteiger partial charge is 0.346 e. The first-order chi connectivity index (χ1) is 22.2. The molecule has 238 valence electrons. The number of fused-ring (bicyclic) bond motifs is 1. The van der Waals surface area contributed by atoms with Gasteiger partial charge in [-0.15, -0.1) is 5.06 Å². The van der Waals surface area contributed by atoms with Crippen molar-refractivity contribution in [2.75, 3.05) is 18.4 Å². The second-order valence-electron chi connectivity index (χ2n) is 10.2. The Bertz CT molecular complexity index is 1760. The molecule has 5 N–H and O–H groups in total. The number of hydrogen-bond acceptors (Lipinski definition) is 12. The van der Waals surface area contributed by atoms with Crippen molar-refractivity contribution in [3.63, 3.8) is 0 Å². The maximum absolute atomic E-state index is 15.3. The lowest BCUT2D eigenvalue weighted by atomic mass is 10.0. The number of hydrazone groups is 1. The van der Waals surface area contributed by atoms with Crippen molar-refractivity contribution >= 4 is 63.7 Å². The highest BCUT2D eigenvalue weighted by molar-refractivity contribution is 8.14. The van der Waals surface area contributed by atoms with Crippen LogP contribution in [0.5, 0.6) is 0 Å². The van der Waals surface area contributed by atoms with E-state index in [0.29, 0.717) is 22.7 Å². The molecule has 0 bridgehead atoms. The van der Waals surface area contributed by atoms with Gasteiger partial charge in [0, 0.05) is 28.8 Å². The first-order valence-electron chi connectivity index (χ1n) is 13.8. The topological polar surface area (TPSA) is 197 Å². The van der Waals surface area contributed by atoms with Crippen LogP contribution in [-0.4, -0.2) is 80.5 Å². The number of hydrogen-bond donors (Lipinski definition) is 4. The molecule has 1 fully saturated rings. The molecule has 3 aliphatic heterocycles. The molecule has 1 saturated heterocycles. The van der Waals surface area contributed by atoms with Crippen molar-refractivity contribution in [1.82, 2.24) is 25.9 Å². The zero-order valence-corrected chi connectivity index (χ0v) is 25.3. The third-order valence-electron chi connectivity index (χ3n) is 7.17. The van der Waals surface area contributed by atoms with E-state index in [9.17, 15) is 19.2 Å². The van der Waals surface area contributed by atoms with Crippen LogP contribution in [0.2, 0.25) is 5.02 Å². The number of thioether (sulfide) groups is 1. The number of halogens is 2. The highest BCUT2D eigenvalue weighted by atomic mass is 35.5. The van der Waals surface area contributed by atoms with Gasteiger partial charge in [0.25, 0.3) is 5.91 Å². The molecule has 0 radical (unpaired) electrons. The minimum atomic E-state index is -0.862. The minimum Gasteiger partial charge on any atom is -0.365 e. The number of hydroxylamine groups is 2.